The number of carbonyl (C=O) groups is 2. The third-order valence-electron chi connectivity index (χ3n) is 5.10. The zero-order valence-electron chi connectivity index (χ0n) is 16.6. The van der Waals surface area contributed by atoms with Crippen LogP contribution in [0.3, 0.4) is 0 Å². The zero-order valence-corrected chi connectivity index (χ0v) is 16.6. The smallest absolute Gasteiger partial charge is 0.260 e. The quantitative estimate of drug-likeness (QED) is 0.798. The van der Waals surface area contributed by atoms with Crippen molar-refractivity contribution in [2.24, 2.45) is 0 Å². The van der Waals surface area contributed by atoms with Crippen molar-refractivity contribution in [1.82, 2.24) is 9.80 Å². The Kier molecular flexibility index (Phi) is 6.19. The van der Waals surface area contributed by atoms with Gasteiger partial charge in [-0.15, -0.1) is 0 Å². The van der Waals surface area contributed by atoms with E-state index in [2.05, 4.69) is 0 Å². The van der Waals surface area contributed by atoms with Gasteiger partial charge in [-0.05, 0) is 49.2 Å². The first-order valence-corrected chi connectivity index (χ1v) is 9.39. The molecule has 1 aliphatic heterocycles. The van der Waals surface area contributed by atoms with E-state index in [0.29, 0.717) is 43.2 Å². The maximum Gasteiger partial charge on any atom is 0.260 e. The lowest BCUT2D eigenvalue weighted by atomic mass is 10.1. The van der Waals surface area contributed by atoms with Gasteiger partial charge < -0.3 is 19.3 Å². The van der Waals surface area contributed by atoms with Crippen LogP contribution in [0.2, 0.25) is 0 Å². The zero-order chi connectivity index (χ0) is 20.1. The molecule has 0 unspecified atom stereocenters. The minimum Gasteiger partial charge on any atom is -0.496 e. The standard InChI is InChI=1S/C22H26N2O4/c1-16-8-9-18(14-17(16)2)28-15-21(25)23-10-12-24(13-11-23)22(26)19-6-4-5-7-20(19)27-3/h4-9,14H,10-13,15H2,1-3H3. The molecule has 2 aromatic carbocycles. The third kappa shape index (κ3) is 4.44. The van der Waals surface area contributed by atoms with Gasteiger partial charge >= 0.3 is 0 Å². The average molecular weight is 382 g/mol. The van der Waals surface area contributed by atoms with Gasteiger partial charge in [0.1, 0.15) is 11.5 Å². The van der Waals surface area contributed by atoms with Crippen LogP contribution in [0, 0.1) is 13.8 Å². The molecular weight excluding hydrogens is 356 g/mol. The maximum atomic E-state index is 12.7. The SMILES string of the molecule is COc1ccccc1C(=O)N1CCN(C(=O)COc2ccc(C)c(C)c2)CC1. The predicted molar refractivity (Wildman–Crippen MR) is 107 cm³/mol. The second kappa shape index (κ2) is 8.78. The van der Waals surface area contributed by atoms with Crippen molar-refractivity contribution in [2.45, 2.75) is 13.8 Å². The largest absolute Gasteiger partial charge is 0.496 e. The van der Waals surface area contributed by atoms with Gasteiger partial charge in [0, 0.05) is 26.2 Å². The summed E-state index contributed by atoms with van der Waals surface area (Å²) in [4.78, 5) is 28.7. The van der Waals surface area contributed by atoms with Gasteiger partial charge in [0.25, 0.3) is 11.8 Å². The normalized spacial score (nSPS) is 14.0. The molecule has 2 amide bonds. The van der Waals surface area contributed by atoms with Crippen LogP contribution < -0.4 is 9.47 Å². The van der Waals surface area contributed by atoms with E-state index in [4.69, 9.17) is 9.47 Å². The first kappa shape index (κ1) is 19.7. The van der Waals surface area contributed by atoms with E-state index < -0.39 is 0 Å². The molecule has 3 rings (SSSR count). The van der Waals surface area contributed by atoms with Gasteiger partial charge in [0.15, 0.2) is 6.61 Å². The van der Waals surface area contributed by atoms with Crippen molar-refractivity contribution in [3.63, 3.8) is 0 Å². The van der Waals surface area contributed by atoms with Gasteiger partial charge in [0.05, 0.1) is 12.7 Å². The fourth-order valence-electron chi connectivity index (χ4n) is 3.19. The maximum absolute atomic E-state index is 12.7. The number of rotatable bonds is 5. The van der Waals surface area contributed by atoms with Crippen LogP contribution in [0.1, 0.15) is 21.5 Å². The summed E-state index contributed by atoms with van der Waals surface area (Å²) in [5.74, 6) is 1.12. The highest BCUT2D eigenvalue weighted by Gasteiger charge is 2.26. The molecule has 0 atom stereocenters. The van der Waals surface area contributed by atoms with Gasteiger partial charge in [-0.25, -0.2) is 0 Å². The molecule has 2 aromatic rings. The number of nitrogens with zero attached hydrogens (tertiary/aromatic N) is 2. The van der Waals surface area contributed by atoms with Crippen molar-refractivity contribution in [3.8, 4) is 11.5 Å². The van der Waals surface area contributed by atoms with E-state index in [9.17, 15) is 9.59 Å². The lowest BCUT2D eigenvalue weighted by Gasteiger charge is -2.35. The van der Waals surface area contributed by atoms with E-state index in [0.717, 1.165) is 5.56 Å². The van der Waals surface area contributed by atoms with Crippen LogP contribution in [-0.4, -0.2) is 61.5 Å². The highest BCUT2D eigenvalue weighted by molar-refractivity contribution is 5.97. The Bertz CT molecular complexity index is 857. The minimum atomic E-state index is -0.0732. The number of amides is 2. The van der Waals surface area contributed by atoms with E-state index in [1.807, 2.05) is 44.2 Å². The van der Waals surface area contributed by atoms with Crippen LogP contribution in [0.25, 0.3) is 0 Å². The number of para-hydroxylation sites is 1. The predicted octanol–water partition coefficient (Wildman–Crippen LogP) is 2.68. The molecular formula is C22H26N2O4. The molecule has 1 aliphatic rings. The summed E-state index contributed by atoms with van der Waals surface area (Å²) in [5.41, 5.74) is 2.87. The number of piperazine rings is 1. The second-order valence-corrected chi connectivity index (χ2v) is 6.91. The van der Waals surface area contributed by atoms with Gasteiger partial charge in [0.2, 0.25) is 0 Å². The van der Waals surface area contributed by atoms with Crippen LogP contribution in [-0.2, 0) is 4.79 Å². The molecule has 0 aromatic heterocycles. The monoisotopic (exact) mass is 382 g/mol. The van der Waals surface area contributed by atoms with E-state index in [1.54, 1.807) is 29.0 Å². The van der Waals surface area contributed by atoms with Crippen LogP contribution in [0.5, 0.6) is 11.5 Å². The molecule has 6 nitrogen and oxygen atoms in total. The molecule has 0 radical (unpaired) electrons. The Hall–Kier alpha value is -3.02. The number of ether oxygens (including phenoxy) is 2. The fraction of sp³-hybridized carbons (Fsp3) is 0.364. The molecule has 0 bridgehead atoms. The Morgan fingerprint density at radius 3 is 2.29 bits per heavy atom. The van der Waals surface area contributed by atoms with E-state index in [1.165, 1.54) is 5.56 Å². The molecule has 0 spiro atoms. The summed E-state index contributed by atoms with van der Waals surface area (Å²) in [6.07, 6.45) is 0. The lowest BCUT2D eigenvalue weighted by molar-refractivity contribution is -0.134. The molecule has 1 fully saturated rings. The van der Waals surface area contributed by atoms with Crippen molar-refractivity contribution in [1.29, 1.82) is 0 Å². The molecule has 1 saturated heterocycles. The van der Waals surface area contributed by atoms with Gasteiger partial charge in [-0.2, -0.15) is 0 Å². The van der Waals surface area contributed by atoms with Crippen LogP contribution in [0.4, 0.5) is 0 Å². The van der Waals surface area contributed by atoms with Crippen LogP contribution >= 0.6 is 0 Å². The van der Waals surface area contributed by atoms with Crippen molar-refractivity contribution in [2.75, 3.05) is 39.9 Å². The van der Waals surface area contributed by atoms with Crippen LogP contribution in [0.15, 0.2) is 42.5 Å². The second-order valence-electron chi connectivity index (χ2n) is 6.91. The summed E-state index contributed by atoms with van der Waals surface area (Å²) in [6, 6.07) is 13.0. The molecule has 6 heteroatoms. The molecule has 0 saturated carbocycles. The Balaban J connectivity index is 1.52. The van der Waals surface area contributed by atoms with Crippen molar-refractivity contribution in [3.05, 3.63) is 59.2 Å². The summed E-state index contributed by atoms with van der Waals surface area (Å²) in [6.45, 7) is 6.03. The topological polar surface area (TPSA) is 59.1 Å². The first-order chi connectivity index (χ1) is 13.5. The molecule has 1 heterocycles. The number of benzene rings is 2. The van der Waals surface area contributed by atoms with Gasteiger partial charge in [-0.1, -0.05) is 18.2 Å². The lowest BCUT2D eigenvalue weighted by Crippen LogP contribution is -2.51. The number of hydrogen-bond donors (Lipinski definition) is 0. The summed E-state index contributed by atoms with van der Waals surface area (Å²) in [5, 5.41) is 0. The minimum absolute atomic E-state index is 0.00293. The first-order valence-electron chi connectivity index (χ1n) is 9.39. The molecule has 28 heavy (non-hydrogen) atoms. The van der Waals surface area contributed by atoms with Crippen molar-refractivity contribution >= 4 is 11.8 Å². The molecule has 0 aliphatic carbocycles. The highest BCUT2D eigenvalue weighted by Crippen LogP contribution is 2.20. The number of hydrogen-bond acceptors (Lipinski definition) is 4. The Morgan fingerprint density at radius 2 is 1.61 bits per heavy atom. The number of aryl methyl sites for hydroxylation is 2. The summed E-state index contributed by atoms with van der Waals surface area (Å²) in [7, 11) is 1.55. The summed E-state index contributed by atoms with van der Waals surface area (Å²) < 4.78 is 10.9. The molecule has 0 N–H and O–H groups in total. The number of methoxy groups -OCH3 is 1. The van der Waals surface area contributed by atoms with E-state index >= 15 is 0 Å². The number of carbonyl (C=O) groups excluding carboxylic acids is 2. The van der Waals surface area contributed by atoms with E-state index in [-0.39, 0.29) is 18.4 Å². The van der Waals surface area contributed by atoms with Gasteiger partial charge in [-0.3, -0.25) is 9.59 Å². The fourth-order valence-corrected chi connectivity index (χ4v) is 3.19. The summed E-state index contributed by atoms with van der Waals surface area (Å²) >= 11 is 0. The molecule has 148 valence electrons. The Labute approximate surface area is 165 Å². The average Bonchev–Trinajstić information content (AvgIpc) is 2.74. The third-order valence-corrected chi connectivity index (χ3v) is 5.10. The Morgan fingerprint density at radius 1 is 0.929 bits per heavy atom. The van der Waals surface area contributed by atoms with Crippen molar-refractivity contribution < 1.29 is 19.1 Å². The highest BCUT2D eigenvalue weighted by atomic mass is 16.5.